The molecule has 0 saturated carbocycles. The van der Waals surface area contributed by atoms with Crippen LogP contribution in [0, 0.1) is 0 Å². The summed E-state index contributed by atoms with van der Waals surface area (Å²) in [6, 6.07) is 14.0. The fraction of sp³-hybridized carbons (Fsp3) is 0.294. The van der Waals surface area contributed by atoms with Crippen LogP contribution in [0.25, 0.3) is 0 Å². The summed E-state index contributed by atoms with van der Waals surface area (Å²) >= 11 is 1.61. The minimum atomic E-state index is -0.0625. The van der Waals surface area contributed by atoms with E-state index in [0.29, 0.717) is 13.0 Å². The lowest BCUT2D eigenvalue weighted by Gasteiger charge is -2.19. The van der Waals surface area contributed by atoms with Crippen molar-refractivity contribution in [2.75, 3.05) is 13.6 Å². The minimum Gasteiger partial charge on any atom is -0.390 e. The van der Waals surface area contributed by atoms with Gasteiger partial charge in [0.25, 0.3) is 0 Å². The first kappa shape index (κ1) is 14.8. The third-order valence-electron chi connectivity index (χ3n) is 3.65. The molecular formula is C17H18N2O2S. The highest BCUT2D eigenvalue weighted by Crippen LogP contribution is 2.18. The highest BCUT2D eigenvalue weighted by molar-refractivity contribution is 7.10. The van der Waals surface area contributed by atoms with Gasteiger partial charge in [-0.25, -0.2) is 0 Å². The Balaban J connectivity index is 1.51. The quantitative estimate of drug-likeness (QED) is 0.851. The zero-order chi connectivity index (χ0) is 15.4. The van der Waals surface area contributed by atoms with Crippen LogP contribution in [-0.2, 0) is 16.1 Å². The average molecular weight is 314 g/mol. The summed E-state index contributed by atoms with van der Waals surface area (Å²) in [5.41, 5.74) is 2.03. The van der Waals surface area contributed by atoms with Crippen molar-refractivity contribution in [3.8, 4) is 0 Å². The van der Waals surface area contributed by atoms with Crippen LogP contribution < -0.4 is 0 Å². The van der Waals surface area contributed by atoms with Gasteiger partial charge in [-0.05, 0) is 17.0 Å². The number of nitrogens with zero attached hydrogens (tertiary/aromatic N) is 2. The van der Waals surface area contributed by atoms with Crippen molar-refractivity contribution in [3.05, 3.63) is 58.3 Å². The molecule has 0 bridgehead atoms. The molecule has 1 aliphatic heterocycles. The van der Waals surface area contributed by atoms with Gasteiger partial charge in [0.15, 0.2) is 6.10 Å². The third kappa shape index (κ3) is 3.54. The Morgan fingerprint density at radius 1 is 1.32 bits per heavy atom. The highest BCUT2D eigenvalue weighted by atomic mass is 32.1. The standard InChI is InChI=1S/C17H18N2O2S/c1-19(17(20)11-15-8-5-9-22-15)12-14-10-16(18-21-14)13-6-3-2-4-7-13/h2-9,14H,10-12H2,1H3. The maximum atomic E-state index is 12.2. The van der Waals surface area contributed by atoms with Gasteiger partial charge in [-0.15, -0.1) is 11.3 Å². The summed E-state index contributed by atoms with van der Waals surface area (Å²) in [4.78, 5) is 20.5. The van der Waals surface area contributed by atoms with E-state index in [0.717, 1.165) is 22.6 Å². The van der Waals surface area contributed by atoms with Crippen LogP contribution in [0.3, 0.4) is 0 Å². The zero-order valence-corrected chi connectivity index (χ0v) is 13.3. The Labute approximate surface area is 134 Å². The van der Waals surface area contributed by atoms with E-state index >= 15 is 0 Å². The topological polar surface area (TPSA) is 41.9 Å². The van der Waals surface area contributed by atoms with E-state index in [1.54, 1.807) is 16.2 Å². The molecule has 5 heteroatoms. The van der Waals surface area contributed by atoms with Gasteiger partial charge in [-0.2, -0.15) is 0 Å². The number of oxime groups is 1. The zero-order valence-electron chi connectivity index (χ0n) is 12.4. The number of carbonyl (C=O) groups excluding carboxylic acids is 1. The molecule has 1 aromatic heterocycles. The molecule has 0 spiro atoms. The summed E-state index contributed by atoms with van der Waals surface area (Å²) < 4.78 is 0. The molecule has 2 heterocycles. The molecule has 2 aromatic rings. The Kier molecular flexibility index (Phi) is 4.53. The molecule has 0 radical (unpaired) electrons. The van der Waals surface area contributed by atoms with Gasteiger partial charge < -0.3 is 9.74 Å². The number of hydrogen-bond acceptors (Lipinski definition) is 4. The number of thiophene rings is 1. The van der Waals surface area contributed by atoms with Crippen molar-refractivity contribution >= 4 is 23.0 Å². The first-order valence-electron chi connectivity index (χ1n) is 7.27. The van der Waals surface area contributed by atoms with Crippen LogP contribution in [-0.4, -0.2) is 36.2 Å². The van der Waals surface area contributed by atoms with Crippen LogP contribution in [0.1, 0.15) is 16.9 Å². The largest absolute Gasteiger partial charge is 0.390 e. The average Bonchev–Trinajstić information content (AvgIpc) is 3.20. The maximum absolute atomic E-state index is 12.2. The molecule has 114 valence electrons. The summed E-state index contributed by atoms with van der Waals surface area (Å²) in [5.74, 6) is 0.110. The van der Waals surface area contributed by atoms with Gasteiger partial charge in [0, 0.05) is 18.3 Å². The Morgan fingerprint density at radius 2 is 2.14 bits per heavy atom. The van der Waals surface area contributed by atoms with Crippen molar-refractivity contribution in [1.29, 1.82) is 0 Å². The maximum Gasteiger partial charge on any atom is 0.227 e. The predicted molar refractivity (Wildman–Crippen MR) is 88.1 cm³/mol. The highest BCUT2D eigenvalue weighted by Gasteiger charge is 2.25. The van der Waals surface area contributed by atoms with Crippen molar-refractivity contribution in [2.45, 2.75) is 18.9 Å². The minimum absolute atomic E-state index is 0.0625. The predicted octanol–water partition coefficient (Wildman–Crippen LogP) is 2.94. The molecule has 1 unspecified atom stereocenters. The number of benzene rings is 1. The molecule has 4 nitrogen and oxygen atoms in total. The molecule has 0 aliphatic carbocycles. The summed E-state index contributed by atoms with van der Waals surface area (Å²) in [5, 5.41) is 6.14. The van der Waals surface area contributed by atoms with Gasteiger partial charge in [0.05, 0.1) is 18.7 Å². The van der Waals surface area contributed by atoms with E-state index in [4.69, 9.17) is 4.84 Å². The lowest BCUT2D eigenvalue weighted by Crippen LogP contribution is -2.35. The van der Waals surface area contributed by atoms with Crippen molar-refractivity contribution < 1.29 is 9.63 Å². The van der Waals surface area contributed by atoms with E-state index in [2.05, 4.69) is 5.16 Å². The number of amides is 1. The van der Waals surface area contributed by atoms with Crippen molar-refractivity contribution in [3.63, 3.8) is 0 Å². The normalized spacial score (nSPS) is 17.0. The molecule has 1 atom stereocenters. The first-order valence-corrected chi connectivity index (χ1v) is 8.15. The fourth-order valence-corrected chi connectivity index (χ4v) is 3.13. The molecule has 0 fully saturated rings. The SMILES string of the molecule is CN(CC1CC(c2ccccc2)=NO1)C(=O)Cc1cccs1. The molecule has 0 N–H and O–H groups in total. The molecule has 22 heavy (non-hydrogen) atoms. The van der Waals surface area contributed by atoms with Crippen LogP contribution in [0.4, 0.5) is 0 Å². The summed E-state index contributed by atoms with van der Waals surface area (Å²) in [7, 11) is 1.82. The fourth-order valence-electron chi connectivity index (χ4n) is 2.43. The molecule has 1 aromatic carbocycles. The van der Waals surface area contributed by atoms with Crippen LogP contribution in [0.2, 0.25) is 0 Å². The van der Waals surface area contributed by atoms with Gasteiger partial charge in [0.2, 0.25) is 5.91 Å². The Morgan fingerprint density at radius 3 is 2.86 bits per heavy atom. The van der Waals surface area contributed by atoms with Crippen LogP contribution >= 0.6 is 11.3 Å². The summed E-state index contributed by atoms with van der Waals surface area (Å²) in [6.07, 6.45) is 1.13. The second-order valence-corrected chi connectivity index (χ2v) is 6.40. The molecule has 3 rings (SSSR count). The Bertz CT molecular complexity index is 653. The van der Waals surface area contributed by atoms with Crippen molar-refractivity contribution in [2.24, 2.45) is 5.16 Å². The number of likely N-dealkylation sites (N-methyl/N-ethyl adjacent to an activating group) is 1. The second kappa shape index (κ2) is 6.75. The van der Waals surface area contributed by atoms with Gasteiger partial charge in [-0.1, -0.05) is 41.6 Å². The van der Waals surface area contributed by atoms with E-state index in [9.17, 15) is 4.79 Å². The number of carbonyl (C=O) groups is 1. The molecule has 0 saturated heterocycles. The Hall–Kier alpha value is -2.14. The first-order chi connectivity index (χ1) is 10.7. The smallest absolute Gasteiger partial charge is 0.227 e. The van der Waals surface area contributed by atoms with Crippen LogP contribution in [0.15, 0.2) is 53.0 Å². The number of rotatable bonds is 5. The van der Waals surface area contributed by atoms with Gasteiger partial charge >= 0.3 is 0 Å². The lowest BCUT2D eigenvalue weighted by atomic mass is 10.0. The second-order valence-electron chi connectivity index (χ2n) is 5.37. The van der Waals surface area contributed by atoms with E-state index in [-0.39, 0.29) is 12.0 Å². The molecule has 1 amide bonds. The van der Waals surface area contributed by atoms with Gasteiger partial charge in [-0.3, -0.25) is 4.79 Å². The van der Waals surface area contributed by atoms with E-state index in [1.807, 2.05) is 54.9 Å². The summed E-state index contributed by atoms with van der Waals surface area (Å²) in [6.45, 7) is 0.560. The van der Waals surface area contributed by atoms with Gasteiger partial charge in [0.1, 0.15) is 0 Å². The lowest BCUT2D eigenvalue weighted by molar-refractivity contribution is -0.130. The number of hydrogen-bond donors (Lipinski definition) is 0. The molecular weight excluding hydrogens is 296 g/mol. The van der Waals surface area contributed by atoms with Crippen molar-refractivity contribution in [1.82, 2.24) is 4.90 Å². The van der Waals surface area contributed by atoms with E-state index in [1.165, 1.54) is 0 Å². The van der Waals surface area contributed by atoms with Crippen LogP contribution in [0.5, 0.6) is 0 Å². The third-order valence-corrected chi connectivity index (χ3v) is 4.53. The molecule has 1 aliphatic rings. The van der Waals surface area contributed by atoms with E-state index < -0.39 is 0 Å². The monoisotopic (exact) mass is 314 g/mol.